The molecule has 0 aliphatic heterocycles. The van der Waals surface area contributed by atoms with Crippen LogP contribution in [0.1, 0.15) is 37.6 Å². The van der Waals surface area contributed by atoms with Crippen molar-refractivity contribution < 1.29 is 9.53 Å². The molecule has 1 aromatic carbocycles. The summed E-state index contributed by atoms with van der Waals surface area (Å²) in [5, 5.41) is 0.905. The number of para-hydroxylation sites is 1. The van der Waals surface area contributed by atoms with Crippen molar-refractivity contribution in [2.75, 3.05) is 6.61 Å². The number of thiazole rings is 1. The van der Waals surface area contributed by atoms with Crippen LogP contribution in [0.4, 0.5) is 0 Å². The van der Waals surface area contributed by atoms with Gasteiger partial charge in [0.1, 0.15) is 10.6 Å². The second kappa shape index (κ2) is 5.62. The Morgan fingerprint density at radius 1 is 1.35 bits per heavy atom. The molecule has 0 spiro atoms. The SMILES string of the molecule is CCOC1(C(=O)Cc2nc3ccccc3s2)CCCC1. The first kappa shape index (κ1) is 13.7. The van der Waals surface area contributed by atoms with Crippen LogP contribution < -0.4 is 0 Å². The molecule has 0 N–H and O–H groups in total. The Kier molecular flexibility index (Phi) is 3.85. The van der Waals surface area contributed by atoms with Crippen molar-refractivity contribution in [1.82, 2.24) is 4.98 Å². The third-order valence-corrected chi connectivity index (χ3v) is 5.03. The van der Waals surface area contributed by atoms with Crippen LogP contribution in [0, 0.1) is 0 Å². The fourth-order valence-corrected chi connectivity index (χ4v) is 3.99. The van der Waals surface area contributed by atoms with Gasteiger partial charge in [-0.25, -0.2) is 4.98 Å². The number of benzene rings is 1. The highest BCUT2D eigenvalue weighted by Gasteiger charge is 2.41. The summed E-state index contributed by atoms with van der Waals surface area (Å²) in [5.74, 6) is 0.205. The number of hydrogen-bond donors (Lipinski definition) is 0. The number of carbonyl (C=O) groups is 1. The van der Waals surface area contributed by atoms with E-state index in [1.165, 1.54) is 0 Å². The quantitative estimate of drug-likeness (QED) is 0.841. The fourth-order valence-electron chi connectivity index (χ4n) is 3.02. The average molecular weight is 289 g/mol. The van der Waals surface area contributed by atoms with Gasteiger partial charge < -0.3 is 4.74 Å². The Hall–Kier alpha value is -1.26. The number of carbonyl (C=O) groups excluding carboxylic acids is 1. The molecule has 1 saturated carbocycles. The Morgan fingerprint density at radius 2 is 2.10 bits per heavy atom. The second-order valence-corrected chi connectivity index (χ2v) is 6.42. The van der Waals surface area contributed by atoms with E-state index in [0.717, 1.165) is 40.9 Å². The minimum Gasteiger partial charge on any atom is -0.367 e. The van der Waals surface area contributed by atoms with Crippen molar-refractivity contribution in [3.8, 4) is 0 Å². The predicted molar refractivity (Wildman–Crippen MR) is 81.2 cm³/mol. The van der Waals surface area contributed by atoms with Crippen molar-refractivity contribution in [1.29, 1.82) is 0 Å². The summed E-state index contributed by atoms with van der Waals surface area (Å²) >= 11 is 1.61. The lowest BCUT2D eigenvalue weighted by Crippen LogP contribution is -2.40. The van der Waals surface area contributed by atoms with E-state index in [1.54, 1.807) is 11.3 Å². The molecule has 0 amide bonds. The molecule has 4 heteroatoms. The maximum absolute atomic E-state index is 12.6. The van der Waals surface area contributed by atoms with Crippen molar-refractivity contribution in [2.45, 2.75) is 44.6 Å². The maximum Gasteiger partial charge on any atom is 0.171 e. The number of Topliss-reactive ketones (excluding diaryl/α,β-unsaturated/α-hetero) is 1. The van der Waals surface area contributed by atoms with Crippen LogP contribution in [0.2, 0.25) is 0 Å². The van der Waals surface area contributed by atoms with Crippen LogP contribution in [0.3, 0.4) is 0 Å². The molecule has 1 fully saturated rings. The van der Waals surface area contributed by atoms with Gasteiger partial charge in [0.2, 0.25) is 0 Å². The van der Waals surface area contributed by atoms with Crippen molar-refractivity contribution in [3.05, 3.63) is 29.3 Å². The fraction of sp³-hybridized carbons (Fsp3) is 0.500. The number of ether oxygens (including phenoxy) is 1. The van der Waals surface area contributed by atoms with E-state index in [2.05, 4.69) is 11.1 Å². The Labute approximate surface area is 123 Å². The number of fused-ring (bicyclic) bond motifs is 1. The molecule has 0 saturated heterocycles. The maximum atomic E-state index is 12.6. The molecule has 0 unspecified atom stereocenters. The highest BCUT2D eigenvalue weighted by molar-refractivity contribution is 7.18. The number of rotatable bonds is 5. The van der Waals surface area contributed by atoms with Crippen LogP contribution in [-0.2, 0) is 16.0 Å². The van der Waals surface area contributed by atoms with E-state index in [4.69, 9.17) is 4.74 Å². The van der Waals surface area contributed by atoms with Gasteiger partial charge in [-0.05, 0) is 44.7 Å². The van der Waals surface area contributed by atoms with E-state index < -0.39 is 5.60 Å². The third-order valence-electron chi connectivity index (χ3n) is 3.99. The zero-order valence-electron chi connectivity index (χ0n) is 11.7. The van der Waals surface area contributed by atoms with Crippen molar-refractivity contribution >= 4 is 27.3 Å². The van der Waals surface area contributed by atoms with Crippen molar-refractivity contribution in [3.63, 3.8) is 0 Å². The predicted octanol–water partition coefficient (Wildman–Crippen LogP) is 3.76. The lowest BCUT2D eigenvalue weighted by molar-refractivity contribution is -0.142. The van der Waals surface area contributed by atoms with E-state index in [-0.39, 0.29) is 5.78 Å². The first-order chi connectivity index (χ1) is 9.73. The average Bonchev–Trinajstić information content (AvgIpc) is 3.05. The lowest BCUT2D eigenvalue weighted by atomic mass is 9.94. The van der Waals surface area contributed by atoms with Gasteiger partial charge in [-0.1, -0.05) is 12.1 Å². The zero-order chi connectivity index (χ0) is 14.0. The van der Waals surface area contributed by atoms with Gasteiger partial charge >= 0.3 is 0 Å². The van der Waals surface area contributed by atoms with Gasteiger partial charge in [-0.3, -0.25) is 4.79 Å². The molecule has 1 aliphatic carbocycles. The summed E-state index contributed by atoms with van der Waals surface area (Å²) in [6.45, 7) is 2.57. The highest BCUT2D eigenvalue weighted by atomic mass is 32.1. The van der Waals surface area contributed by atoms with Crippen LogP contribution in [0.15, 0.2) is 24.3 Å². The molecule has 1 aromatic heterocycles. The van der Waals surface area contributed by atoms with Gasteiger partial charge in [-0.2, -0.15) is 0 Å². The van der Waals surface area contributed by atoms with Crippen LogP contribution in [0.5, 0.6) is 0 Å². The molecule has 0 radical (unpaired) electrons. The minimum atomic E-state index is -0.535. The molecule has 1 aliphatic rings. The number of nitrogens with zero attached hydrogens (tertiary/aromatic N) is 1. The van der Waals surface area contributed by atoms with E-state index >= 15 is 0 Å². The molecule has 0 bridgehead atoms. The molecule has 1 heterocycles. The largest absolute Gasteiger partial charge is 0.367 e. The molecule has 106 valence electrons. The second-order valence-electron chi connectivity index (χ2n) is 5.31. The molecular weight excluding hydrogens is 270 g/mol. The smallest absolute Gasteiger partial charge is 0.171 e. The van der Waals surface area contributed by atoms with Gasteiger partial charge in [0.05, 0.1) is 16.6 Å². The Balaban J connectivity index is 1.80. The summed E-state index contributed by atoms with van der Waals surface area (Å²) in [4.78, 5) is 17.2. The summed E-state index contributed by atoms with van der Waals surface area (Å²) in [7, 11) is 0. The van der Waals surface area contributed by atoms with Crippen LogP contribution in [-0.4, -0.2) is 23.0 Å². The highest BCUT2D eigenvalue weighted by Crippen LogP contribution is 2.35. The summed E-state index contributed by atoms with van der Waals surface area (Å²) in [6.07, 6.45) is 4.31. The number of hydrogen-bond acceptors (Lipinski definition) is 4. The first-order valence-corrected chi connectivity index (χ1v) is 8.07. The number of aromatic nitrogens is 1. The summed E-state index contributed by atoms with van der Waals surface area (Å²) in [6, 6.07) is 8.03. The van der Waals surface area contributed by atoms with Gasteiger partial charge in [0, 0.05) is 6.61 Å². The van der Waals surface area contributed by atoms with Crippen LogP contribution >= 0.6 is 11.3 Å². The lowest BCUT2D eigenvalue weighted by Gasteiger charge is -2.26. The molecule has 20 heavy (non-hydrogen) atoms. The Bertz CT molecular complexity index is 581. The van der Waals surface area contributed by atoms with Crippen LogP contribution in [0.25, 0.3) is 10.2 Å². The third kappa shape index (κ3) is 2.50. The van der Waals surface area contributed by atoms with E-state index in [0.29, 0.717) is 13.0 Å². The van der Waals surface area contributed by atoms with Crippen molar-refractivity contribution in [2.24, 2.45) is 0 Å². The van der Waals surface area contributed by atoms with E-state index in [1.807, 2.05) is 25.1 Å². The zero-order valence-corrected chi connectivity index (χ0v) is 12.5. The standard InChI is InChI=1S/C16H19NO2S/c1-2-19-16(9-5-6-10-16)14(18)11-15-17-12-7-3-4-8-13(12)20-15/h3-4,7-8H,2,5-6,9-11H2,1H3. The topological polar surface area (TPSA) is 39.2 Å². The molecular formula is C16H19NO2S. The van der Waals surface area contributed by atoms with E-state index in [9.17, 15) is 4.79 Å². The molecule has 2 aromatic rings. The van der Waals surface area contributed by atoms with Gasteiger partial charge in [-0.15, -0.1) is 11.3 Å². The summed E-state index contributed by atoms with van der Waals surface area (Å²) in [5.41, 5.74) is 0.448. The van der Waals surface area contributed by atoms with Gasteiger partial charge in [0.15, 0.2) is 5.78 Å². The molecule has 0 atom stereocenters. The minimum absolute atomic E-state index is 0.205. The molecule has 3 rings (SSSR count). The van der Waals surface area contributed by atoms with Gasteiger partial charge in [0.25, 0.3) is 0 Å². The monoisotopic (exact) mass is 289 g/mol. The molecule has 3 nitrogen and oxygen atoms in total. The Morgan fingerprint density at radius 3 is 2.80 bits per heavy atom. The summed E-state index contributed by atoms with van der Waals surface area (Å²) < 4.78 is 6.97. The first-order valence-electron chi connectivity index (χ1n) is 7.25. The number of ketones is 1. The normalized spacial score (nSPS) is 17.6.